The number of ketones is 1. The number of likely N-dealkylation sites (tertiary alicyclic amines) is 1. The zero-order chi connectivity index (χ0) is 32.9. The predicted molar refractivity (Wildman–Crippen MR) is 186 cm³/mol. The molecule has 2 heterocycles. The van der Waals surface area contributed by atoms with Crippen molar-refractivity contribution in [1.29, 1.82) is 0 Å². The number of fused-ring (bicyclic) bond motifs is 1. The van der Waals surface area contributed by atoms with Crippen LogP contribution in [-0.4, -0.2) is 64.3 Å². The maximum atomic E-state index is 13.9. The van der Waals surface area contributed by atoms with Crippen LogP contribution in [0.1, 0.15) is 57.3 Å². The summed E-state index contributed by atoms with van der Waals surface area (Å²) in [6.07, 6.45) is 2.29. The van der Waals surface area contributed by atoms with Crippen LogP contribution in [0, 0.1) is 11.7 Å². The molecule has 0 N–H and O–H groups in total. The Bertz CT molecular complexity index is 1850. The molecule has 6 nitrogen and oxygen atoms in total. The summed E-state index contributed by atoms with van der Waals surface area (Å²) >= 11 is 12.6. The van der Waals surface area contributed by atoms with E-state index in [1.165, 1.54) is 12.1 Å². The quantitative estimate of drug-likeness (QED) is 0.133. The van der Waals surface area contributed by atoms with Gasteiger partial charge in [0, 0.05) is 37.5 Å². The third kappa shape index (κ3) is 7.75. The molecular formula is C38H37Cl2FN4O2. The van der Waals surface area contributed by atoms with Crippen LogP contribution in [0.25, 0.3) is 11.0 Å². The molecule has 5 aromatic rings. The zero-order valence-electron chi connectivity index (χ0n) is 26.3. The normalized spacial score (nSPS) is 14.7. The summed E-state index contributed by atoms with van der Waals surface area (Å²) in [5.41, 5.74) is 4.27. The standard InChI is InChI=1S/C38H37Cl2FN4O2/c1-43(38(47)28-7-3-2-4-8-28)25-30(29-13-16-32(39)33(40)23-29)19-22-44-20-17-27(18-21-44)36(46)37-42-34-9-5-6-10-35(34)45(37)24-26-11-14-31(41)15-12-26/h2-16,23,27,30H,17-22,24-25H2,1H3/t30-/m0/s1. The summed E-state index contributed by atoms with van der Waals surface area (Å²) < 4.78 is 15.5. The molecule has 0 aliphatic carbocycles. The number of benzene rings is 4. The molecule has 242 valence electrons. The van der Waals surface area contributed by atoms with Gasteiger partial charge < -0.3 is 14.4 Å². The minimum absolute atomic E-state index is 0.0274. The second kappa shape index (κ2) is 14.8. The topological polar surface area (TPSA) is 58.4 Å². The lowest BCUT2D eigenvalue weighted by Crippen LogP contribution is -2.38. The molecule has 0 radical (unpaired) electrons. The van der Waals surface area contributed by atoms with Gasteiger partial charge in [-0.2, -0.15) is 0 Å². The van der Waals surface area contributed by atoms with Crippen molar-refractivity contribution < 1.29 is 14.0 Å². The number of amides is 1. The van der Waals surface area contributed by atoms with Gasteiger partial charge in [0.15, 0.2) is 5.82 Å². The first-order valence-corrected chi connectivity index (χ1v) is 16.7. The fourth-order valence-corrected chi connectivity index (χ4v) is 6.79. The molecule has 1 fully saturated rings. The molecule has 6 rings (SSSR count). The van der Waals surface area contributed by atoms with Crippen molar-refractivity contribution in [2.75, 3.05) is 33.2 Å². The number of likely N-dealkylation sites (N-methyl/N-ethyl adjacent to an activating group) is 1. The summed E-state index contributed by atoms with van der Waals surface area (Å²) in [7, 11) is 1.83. The Morgan fingerprint density at radius 1 is 0.915 bits per heavy atom. The van der Waals surface area contributed by atoms with Crippen LogP contribution in [0.15, 0.2) is 97.1 Å². The summed E-state index contributed by atoms with van der Waals surface area (Å²) in [6.45, 7) is 3.38. The maximum Gasteiger partial charge on any atom is 0.253 e. The second-order valence-electron chi connectivity index (χ2n) is 12.3. The number of para-hydroxylation sites is 2. The van der Waals surface area contributed by atoms with Crippen molar-refractivity contribution in [2.24, 2.45) is 5.92 Å². The Morgan fingerprint density at radius 2 is 1.62 bits per heavy atom. The van der Waals surface area contributed by atoms with Gasteiger partial charge in [0.25, 0.3) is 5.91 Å². The van der Waals surface area contributed by atoms with Gasteiger partial charge in [0.1, 0.15) is 5.82 Å². The summed E-state index contributed by atoms with van der Waals surface area (Å²) in [5.74, 6) is 0.116. The first kappa shape index (κ1) is 32.9. The number of hydrogen-bond acceptors (Lipinski definition) is 4. The third-order valence-corrected chi connectivity index (χ3v) is 9.90. The highest BCUT2D eigenvalue weighted by molar-refractivity contribution is 6.42. The molecule has 1 aromatic heterocycles. The van der Waals surface area contributed by atoms with Crippen LogP contribution < -0.4 is 0 Å². The van der Waals surface area contributed by atoms with E-state index >= 15 is 0 Å². The minimum atomic E-state index is -0.289. The van der Waals surface area contributed by atoms with E-state index in [1.54, 1.807) is 17.0 Å². The molecule has 4 aromatic carbocycles. The fraction of sp³-hybridized carbons (Fsp3) is 0.289. The minimum Gasteiger partial charge on any atom is -0.341 e. The molecule has 47 heavy (non-hydrogen) atoms. The molecule has 9 heteroatoms. The number of Topliss-reactive ketones (excluding diaryl/α,β-unsaturated/α-hetero) is 1. The van der Waals surface area contributed by atoms with Gasteiger partial charge in [-0.1, -0.05) is 71.7 Å². The lowest BCUT2D eigenvalue weighted by molar-refractivity contribution is 0.0779. The third-order valence-electron chi connectivity index (χ3n) is 9.16. The maximum absolute atomic E-state index is 13.9. The Kier molecular flexibility index (Phi) is 10.4. The molecule has 0 spiro atoms. The lowest BCUT2D eigenvalue weighted by Gasteiger charge is -2.33. The summed E-state index contributed by atoms with van der Waals surface area (Å²) in [4.78, 5) is 36.0. The zero-order valence-corrected chi connectivity index (χ0v) is 27.8. The number of carbonyl (C=O) groups excluding carboxylic acids is 2. The molecule has 0 unspecified atom stereocenters. The van der Waals surface area contributed by atoms with Crippen LogP contribution in [-0.2, 0) is 6.54 Å². The van der Waals surface area contributed by atoms with E-state index in [9.17, 15) is 14.0 Å². The van der Waals surface area contributed by atoms with Gasteiger partial charge in [-0.25, -0.2) is 9.37 Å². The van der Waals surface area contributed by atoms with E-state index in [4.69, 9.17) is 28.2 Å². The second-order valence-corrected chi connectivity index (χ2v) is 13.1. The SMILES string of the molecule is CN(C[C@H](CCN1CCC(C(=O)c2nc3ccccc3n2Cc2ccc(F)cc2)CC1)c1ccc(Cl)c(Cl)c1)C(=O)c1ccccc1. The average molecular weight is 672 g/mol. The number of imidazole rings is 1. The fourth-order valence-electron chi connectivity index (χ4n) is 6.48. The van der Waals surface area contributed by atoms with E-state index in [0.717, 1.165) is 61.1 Å². The predicted octanol–water partition coefficient (Wildman–Crippen LogP) is 8.37. The van der Waals surface area contributed by atoms with E-state index in [-0.39, 0.29) is 29.3 Å². The average Bonchev–Trinajstić information content (AvgIpc) is 3.46. The van der Waals surface area contributed by atoms with Gasteiger partial charge in [0.2, 0.25) is 5.78 Å². The lowest BCUT2D eigenvalue weighted by atomic mass is 9.90. The number of rotatable bonds is 11. The number of piperidine rings is 1. The Hall–Kier alpha value is -4.04. The van der Waals surface area contributed by atoms with Crippen molar-refractivity contribution in [1.82, 2.24) is 19.4 Å². The Balaban J connectivity index is 1.12. The van der Waals surface area contributed by atoms with Crippen LogP contribution >= 0.6 is 23.2 Å². The van der Waals surface area contributed by atoms with Crippen LogP contribution in [0.2, 0.25) is 10.0 Å². The molecule has 1 aliphatic heterocycles. The highest BCUT2D eigenvalue weighted by atomic mass is 35.5. The van der Waals surface area contributed by atoms with E-state index in [1.807, 2.05) is 84.4 Å². The molecule has 0 bridgehead atoms. The molecule has 1 amide bonds. The summed E-state index contributed by atoms with van der Waals surface area (Å²) in [6, 6.07) is 29.1. The van der Waals surface area contributed by atoms with Gasteiger partial charge >= 0.3 is 0 Å². The summed E-state index contributed by atoms with van der Waals surface area (Å²) in [5, 5.41) is 0.997. The van der Waals surface area contributed by atoms with Crippen molar-refractivity contribution in [3.8, 4) is 0 Å². The highest BCUT2D eigenvalue weighted by Crippen LogP contribution is 2.31. The van der Waals surface area contributed by atoms with Gasteiger partial charge in [-0.3, -0.25) is 9.59 Å². The van der Waals surface area contributed by atoms with Crippen molar-refractivity contribution >= 4 is 45.9 Å². The molecular weight excluding hydrogens is 634 g/mol. The number of carbonyl (C=O) groups is 2. The highest BCUT2D eigenvalue weighted by Gasteiger charge is 2.30. The van der Waals surface area contributed by atoms with Crippen molar-refractivity contribution in [2.45, 2.75) is 31.7 Å². The smallest absolute Gasteiger partial charge is 0.253 e. The number of nitrogens with zero attached hydrogens (tertiary/aromatic N) is 4. The monoisotopic (exact) mass is 670 g/mol. The van der Waals surface area contributed by atoms with Gasteiger partial charge in [-0.05, 0) is 98.6 Å². The largest absolute Gasteiger partial charge is 0.341 e. The number of aromatic nitrogens is 2. The van der Waals surface area contributed by atoms with Crippen LogP contribution in [0.3, 0.4) is 0 Å². The van der Waals surface area contributed by atoms with E-state index in [0.29, 0.717) is 34.5 Å². The Morgan fingerprint density at radius 3 is 2.34 bits per heavy atom. The van der Waals surface area contributed by atoms with Gasteiger partial charge in [-0.15, -0.1) is 0 Å². The number of halogens is 3. The van der Waals surface area contributed by atoms with Crippen molar-refractivity contribution in [3.05, 3.63) is 135 Å². The molecule has 1 aliphatic rings. The van der Waals surface area contributed by atoms with Gasteiger partial charge in [0.05, 0.1) is 21.1 Å². The Labute approximate surface area is 284 Å². The first-order valence-electron chi connectivity index (χ1n) is 16.0. The van der Waals surface area contributed by atoms with E-state index < -0.39 is 0 Å². The molecule has 0 saturated carbocycles. The van der Waals surface area contributed by atoms with Crippen LogP contribution in [0.5, 0.6) is 0 Å². The molecule has 1 saturated heterocycles. The first-order chi connectivity index (χ1) is 22.8. The number of hydrogen-bond donors (Lipinski definition) is 0. The van der Waals surface area contributed by atoms with Crippen LogP contribution in [0.4, 0.5) is 4.39 Å². The van der Waals surface area contributed by atoms with Crippen molar-refractivity contribution in [3.63, 3.8) is 0 Å². The van der Waals surface area contributed by atoms with E-state index in [2.05, 4.69) is 4.90 Å². The molecule has 1 atom stereocenters.